The molecule has 0 saturated heterocycles. The van der Waals surface area contributed by atoms with Gasteiger partial charge in [0.25, 0.3) is 11.8 Å². The number of carbonyl (C=O) groups is 2. The van der Waals surface area contributed by atoms with E-state index in [9.17, 15) is 14.0 Å². The average molecular weight is 553 g/mol. The van der Waals surface area contributed by atoms with Crippen LogP contribution in [-0.2, 0) is 7.05 Å². The Bertz CT molecular complexity index is 1800. The molecule has 2 heterocycles. The van der Waals surface area contributed by atoms with Gasteiger partial charge in [0, 0.05) is 43.4 Å². The molecular weight excluding hydrogens is 523 g/mol. The third-order valence-electron chi connectivity index (χ3n) is 7.41. The highest BCUT2D eigenvalue weighted by Gasteiger charge is 2.37. The van der Waals surface area contributed by atoms with E-state index in [1.807, 2.05) is 50.5 Å². The molecule has 9 heteroatoms. The molecule has 41 heavy (non-hydrogen) atoms. The molecule has 1 aliphatic rings. The minimum atomic E-state index is -0.378. The van der Waals surface area contributed by atoms with Crippen LogP contribution in [0.4, 0.5) is 10.2 Å². The fourth-order valence-corrected chi connectivity index (χ4v) is 5.20. The lowest BCUT2D eigenvalue weighted by molar-refractivity contribution is 0.0961. The summed E-state index contributed by atoms with van der Waals surface area (Å²) in [4.78, 5) is 28.8. The summed E-state index contributed by atoms with van der Waals surface area (Å²) in [6.07, 6.45) is 3.65. The quantitative estimate of drug-likeness (QED) is 0.263. The number of nitrogens with one attached hydrogen (secondary N) is 1. The van der Waals surface area contributed by atoms with Crippen LogP contribution < -0.4 is 15.0 Å². The predicted octanol–water partition coefficient (Wildman–Crippen LogP) is 6.13. The van der Waals surface area contributed by atoms with Crippen molar-refractivity contribution in [2.24, 2.45) is 7.05 Å². The minimum absolute atomic E-state index is 0.0918. The summed E-state index contributed by atoms with van der Waals surface area (Å²) in [5.41, 5.74) is 4.41. The molecule has 2 aromatic heterocycles. The van der Waals surface area contributed by atoms with Gasteiger partial charge in [-0.25, -0.2) is 4.39 Å². The standard InChI is InChI=1S/C32H29FN4O4/c1-18-15-27(40-4)25(32(39)37(22-10-11-22)28-13-14-36(3)35-28)17-23(18)20-7-12-26-24(16-20)29(31(38)34-2)30(41-26)19-5-8-21(33)9-6-19/h5-9,12-17,22H,10-11H2,1-4H3,(H,34,38). The lowest BCUT2D eigenvalue weighted by atomic mass is 9.95. The molecule has 1 fully saturated rings. The summed E-state index contributed by atoms with van der Waals surface area (Å²) in [5, 5.41) is 7.78. The normalized spacial score (nSPS) is 12.9. The fraction of sp³-hybridized carbons (Fsp3) is 0.219. The van der Waals surface area contributed by atoms with Crippen molar-refractivity contribution >= 4 is 28.6 Å². The Hall–Kier alpha value is -4.92. The van der Waals surface area contributed by atoms with E-state index >= 15 is 0 Å². The second-order valence-electron chi connectivity index (χ2n) is 10.2. The first kappa shape index (κ1) is 26.3. The Morgan fingerprint density at radius 2 is 1.80 bits per heavy atom. The zero-order valence-corrected chi connectivity index (χ0v) is 23.2. The third-order valence-corrected chi connectivity index (χ3v) is 7.41. The molecule has 0 unspecified atom stereocenters. The zero-order chi connectivity index (χ0) is 28.8. The van der Waals surface area contributed by atoms with E-state index in [0.29, 0.717) is 45.0 Å². The van der Waals surface area contributed by atoms with Gasteiger partial charge in [-0.3, -0.25) is 19.2 Å². The van der Waals surface area contributed by atoms with Gasteiger partial charge in [-0.15, -0.1) is 0 Å². The molecule has 0 bridgehead atoms. The highest BCUT2D eigenvalue weighted by atomic mass is 19.1. The van der Waals surface area contributed by atoms with Crippen molar-refractivity contribution in [3.05, 3.63) is 89.4 Å². The number of hydrogen-bond acceptors (Lipinski definition) is 5. The number of methoxy groups -OCH3 is 1. The van der Waals surface area contributed by atoms with Crippen LogP contribution in [0.15, 0.2) is 71.3 Å². The number of amides is 2. The van der Waals surface area contributed by atoms with Crippen molar-refractivity contribution in [3.63, 3.8) is 0 Å². The molecule has 5 aromatic rings. The number of ether oxygens (including phenoxy) is 1. The Labute approximate surface area is 236 Å². The second-order valence-corrected chi connectivity index (χ2v) is 10.2. The summed E-state index contributed by atoms with van der Waals surface area (Å²) < 4.78 is 27.0. The van der Waals surface area contributed by atoms with Gasteiger partial charge in [0.1, 0.15) is 22.9 Å². The monoisotopic (exact) mass is 552 g/mol. The van der Waals surface area contributed by atoms with E-state index < -0.39 is 0 Å². The first-order valence-corrected chi connectivity index (χ1v) is 13.4. The number of rotatable bonds is 7. The summed E-state index contributed by atoms with van der Waals surface area (Å²) in [5.74, 6) is 0.558. The number of fused-ring (bicyclic) bond motifs is 1. The third kappa shape index (κ3) is 4.73. The Morgan fingerprint density at radius 3 is 2.44 bits per heavy atom. The topological polar surface area (TPSA) is 89.6 Å². The van der Waals surface area contributed by atoms with Gasteiger partial charge in [0.15, 0.2) is 5.82 Å². The number of halogens is 1. The van der Waals surface area contributed by atoms with Crippen LogP contribution in [-0.4, -0.2) is 41.8 Å². The van der Waals surface area contributed by atoms with Crippen LogP contribution in [0.3, 0.4) is 0 Å². The number of aryl methyl sites for hydroxylation is 2. The van der Waals surface area contributed by atoms with Crippen molar-refractivity contribution in [1.29, 1.82) is 0 Å². The molecule has 2 amide bonds. The molecule has 1 aliphatic carbocycles. The molecule has 8 nitrogen and oxygen atoms in total. The van der Waals surface area contributed by atoms with Crippen LogP contribution >= 0.6 is 0 Å². The molecule has 0 atom stereocenters. The predicted molar refractivity (Wildman–Crippen MR) is 155 cm³/mol. The van der Waals surface area contributed by atoms with Crippen LogP contribution in [0.25, 0.3) is 33.4 Å². The number of hydrogen-bond donors (Lipinski definition) is 1. The maximum Gasteiger partial charge on any atom is 0.263 e. The smallest absolute Gasteiger partial charge is 0.263 e. The van der Waals surface area contributed by atoms with Crippen LogP contribution in [0.2, 0.25) is 0 Å². The van der Waals surface area contributed by atoms with Crippen LogP contribution in [0, 0.1) is 12.7 Å². The van der Waals surface area contributed by atoms with Gasteiger partial charge in [-0.2, -0.15) is 5.10 Å². The van der Waals surface area contributed by atoms with Crippen molar-refractivity contribution in [2.75, 3.05) is 19.1 Å². The molecular formula is C32H29FN4O4. The van der Waals surface area contributed by atoms with Crippen molar-refractivity contribution in [1.82, 2.24) is 15.1 Å². The van der Waals surface area contributed by atoms with Gasteiger partial charge in [0.05, 0.1) is 18.2 Å². The molecule has 1 saturated carbocycles. The van der Waals surface area contributed by atoms with Gasteiger partial charge < -0.3 is 14.5 Å². The minimum Gasteiger partial charge on any atom is -0.496 e. The lowest BCUT2D eigenvalue weighted by Gasteiger charge is -2.22. The molecule has 0 aliphatic heterocycles. The van der Waals surface area contributed by atoms with Gasteiger partial charge in [-0.05, 0) is 85.0 Å². The highest BCUT2D eigenvalue weighted by molar-refractivity contribution is 6.12. The van der Waals surface area contributed by atoms with E-state index in [1.54, 1.807) is 41.9 Å². The summed E-state index contributed by atoms with van der Waals surface area (Å²) in [6.45, 7) is 1.95. The van der Waals surface area contributed by atoms with Crippen molar-refractivity contribution in [3.8, 4) is 28.2 Å². The maximum absolute atomic E-state index is 14.0. The molecule has 0 spiro atoms. The Balaban J connectivity index is 1.48. The molecule has 1 N–H and O–H groups in total. The van der Waals surface area contributed by atoms with Gasteiger partial charge in [-0.1, -0.05) is 6.07 Å². The summed E-state index contributed by atoms with van der Waals surface area (Å²) >= 11 is 0. The number of aromatic nitrogens is 2. The highest BCUT2D eigenvalue weighted by Crippen LogP contribution is 2.39. The SMILES string of the molecule is CNC(=O)c1c(-c2ccc(F)cc2)oc2ccc(-c3cc(C(=O)N(c4ccn(C)n4)C4CC4)c(OC)cc3C)cc12. The number of benzene rings is 3. The largest absolute Gasteiger partial charge is 0.496 e. The fourth-order valence-electron chi connectivity index (χ4n) is 5.20. The van der Waals surface area contributed by atoms with Crippen LogP contribution in [0.1, 0.15) is 39.1 Å². The number of anilines is 1. The first-order valence-electron chi connectivity index (χ1n) is 13.4. The molecule has 3 aromatic carbocycles. The number of furan rings is 1. The summed E-state index contributed by atoms with van der Waals surface area (Å²) in [6, 6.07) is 17.0. The Morgan fingerprint density at radius 1 is 1.07 bits per heavy atom. The van der Waals surface area contributed by atoms with E-state index in [2.05, 4.69) is 10.4 Å². The lowest BCUT2D eigenvalue weighted by Crippen LogP contribution is -2.34. The van der Waals surface area contributed by atoms with Gasteiger partial charge >= 0.3 is 0 Å². The number of nitrogens with zero attached hydrogens (tertiary/aromatic N) is 3. The van der Waals surface area contributed by atoms with E-state index in [-0.39, 0.29) is 23.7 Å². The maximum atomic E-state index is 14.0. The van der Waals surface area contributed by atoms with E-state index in [1.165, 1.54) is 12.1 Å². The van der Waals surface area contributed by atoms with Crippen LogP contribution in [0.5, 0.6) is 5.75 Å². The average Bonchev–Trinajstić information content (AvgIpc) is 3.60. The van der Waals surface area contributed by atoms with E-state index in [0.717, 1.165) is 29.5 Å². The Kier molecular flexibility index (Phi) is 6.57. The van der Waals surface area contributed by atoms with Crippen molar-refractivity contribution < 1.29 is 23.1 Å². The zero-order valence-electron chi connectivity index (χ0n) is 23.2. The van der Waals surface area contributed by atoms with Gasteiger partial charge in [0.2, 0.25) is 0 Å². The first-order chi connectivity index (χ1) is 19.8. The molecule has 0 radical (unpaired) electrons. The number of carbonyl (C=O) groups excluding carboxylic acids is 2. The second kappa shape index (κ2) is 10.2. The molecule has 6 rings (SSSR count). The molecule has 208 valence electrons. The summed E-state index contributed by atoms with van der Waals surface area (Å²) in [7, 11) is 4.93. The van der Waals surface area contributed by atoms with E-state index in [4.69, 9.17) is 9.15 Å². The van der Waals surface area contributed by atoms with Crippen molar-refractivity contribution in [2.45, 2.75) is 25.8 Å².